The summed E-state index contributed by atoms with van der Waals surface area (Å²) >= 11 is 1.55. The van der Waals surface area contributed by atoms with Gasteiger partial charge in [0.25, 0.3) is 5.69 Å². The van der Waals surface area contributed by atoms with Crippen LogP contribution < -0.4 is 11.1 Å². The van der Waals surface area contributed by atoms with Gasteiger partial charge in [-0.3, -0.25) is 10.1 Å². The number of nitrogens with two attached hydrogens (primary N) is 1. The Bertz CT molecular complexity index is 424. The molecule has 0 aliphatic rings. The Balaban J connectivity index is 2.82. The number of hydrogen-bond acceptors (Lipinski definition) is 6. The quantitative estimate of drug-likeness (QED) is 0.413. The van der Waals surface area contributed by atoms with E-state index < -0.39 is 4.92 Å². The third-order valence-electron chi connectivity index (χ3n) is 2.67. The van der Waals surface area contributed by atoms with Crippen molar-refractivity contribution in [1.82, 2.24) is 0 Å². The first-order valence-corrected chi connectivity index (χ1v) is 6.72. The average molecular weight is 271 g/mol. The SMILES string of the molecule is CSC(CO)C(C)Nc1ccc([N+](=O)[O-])cc1N. The predicted octanol–water partition coefficient (Wildman–Crippen LogP) is 1.70. The van der Waals surface area contributed by atoms with Crippen LogP contribution in [0.25, 0.3) is 0 Å². The molecule has 0 saturated heterocycles. The van der Waals surface area contributed by atoms with E-state index in [0.29, 0.717) is 11.4 Å². The summed E-state index contributed by atoms with van der Waals surface area (Å²) in [5.41, 5.74) is 6.69. The van der Waals surface area contributed by atoms with E-state index in [9.17, 15) is 15.2 Å². The topological polar surface area (TPSA) is 101 Å². The van der Waals surface area contributed by atoms with Crippen molar-refractivity contribution in [1.29, 1.82) is 0 Å². The number of nitrogen functional groups attached to an aromatic ring is 1. The summed E-state index contributed by atoms with van der Waals surface area (Å²) in [4.78, 5) is 10.1. The maximum Gasteiger partial charge on any atom is 0.271 e. The van der Waals surface area contributed by atoms with Gasteiger partial charge in [0.2, 0.25) is 0 Å². The third-order valence-corrected chi connectivity index (χ3v) is 3.83. The molecule has 0 spiro atoms. The minimum atomic E-state index is -0.484. The summed E-state index contributed by atoms with van der Waals surface area (Å²) in [6, 6.07) is 4.31. The standard InChI is InChI=1S/C11H17N3O3S/c1-7(11(6-15)18-2)13-10-4-3-8(14(16)17)5-9(10)12/h3-5,7,11,13,15H,6,12H2,1-2H3. The maximum atomic E-state index is 10.6. The first-order chi connectivity index (χ1) is 8.49. The predicted molar refractivity (Wildman–Crippen MR) is 75.0 cm³/mol. The second kappa shape index (κ2) is 6.46. The average Bonchev–Trinajstić information content (AvgIpc) is 2.33. The van der Waals surface area contributed by atoms with Crippen molar-refractivity contribution in [3.8, 4) is 0 Å². The van der Waals surface area contributed by atoms with Crippen LogP contribution in [0.15, 0.2) is 18.2 Å². The molecule has 0 radical (unpaired) electrons. The number of benzene rings is 1. The molecule has 0 fully saturated rings. The van der Waals surface area contributed by atoms with E-state index in [0.717, 1.165) is 0 Å². The fourth-order valence-electron chi connectivity index (χ4n) is 1.57. The number of nitro benzene ring substituents is 1. The number of nitrogens with one attached hydrogen (secondary N) is 1. The molecule has 0 heterocycles. The van der Waals surface area contributed by atoms with E-state index >= 15 is 0 Å². The van der Waals surface area contributed by atoms with Crippen molar-refractivity contribution in [2.45, 2.75) is 18.2 Å². The van der Waals surface area contributed by atoms with Crippen LogP contribution in [-0.2, 0) is 0 Å². The molecule has 0 aromatic heterocycles. The lowest BCUT2D eigenvalue weighted by Crippen LogP contribution is -2.31. The van der Waals surface area contributed by atoms with Gasteiger partial charge in [0.1, 0.15) is 0 Å². The van der Waals surface area contributed by atoms with Gasteiger partial charge >= 0.3 is 0 Å². The summed E-state index contributed by atoms with van der Waals surface area (Å²) in [6.07, 6.45) is 1.91. The molecule has 6 nitrogen and oxygen atoms in total. The minimum absolute atomic E-state index is 0.00811. The maximum absolute atomic E-state index is 10.6. The highest BCUT2D eigenvalue weighted by molar-refractivity contribution is 7.99. The molecular weight excluding hydrogens is 254 g/mol. The van der Waals surface area contributed by atoms with Gasteiger partial charge in [0.15, 0.2) is 0 Å². The van der Waals surface area contributed by atoms with Crippen molar-refractivity contribution >= 4 is 28.8 Å². The second-order valence-corrected chi connectivity index (χ2v) is 5.00. The number of nitrogens with zero attached hydrogens (tertiary/aromatic N) is 1. The first-order valence-electron chi connectivity index (χ1n) is 5.43. The van der Waals surface area contributed by atoms with Crippen LogP contribution in [0, 0.1) is 10.1 Å². The molecule has 4 N–H and O–H groups in total. The molecule has 2 unspecified atom stereocenters. The monoisotopic (exact) mass is 271 g/mol. The summed E-state index contributed by atoms with van der Waals surface area (Å²) in [5, 5.41) is 23.0. The summed E-state index contributed by atoms with van der Waals surface area (Å²) in [6.45, 7) is 1.99. The van der Waals surface area contributed by atoms with Gasteiger partial charge in [-0.1, -0.05) is 0 Å². The Hall–Kier alpha value is -1.47. The minimum Gasteiger partial charge on any atom is -0.397 e. The molecular formula is C11H17N3O3S. The number of rotatable bonds is 6. The number of aliphatic hydroxyl groups is 1. The molecule has 18 heavy (non-hydrogen) atoms. The lowest BCUT2D eigenvalue weighted by molar-refractivity contribution is -0.384. The molecule has 1 aromatic carbocycles. The van der Waals surface area contributed by atoms with Crippen molar-refractivity contribution < 1.29 is 10.0 Å². The number of anilines is 2. The van der Waals surface area contributed by atoms with Crippen molar-refractivity contribution in [3.63, 3.8) is 0 Å². The highest BCUT2D eigenvalue weighted by Crippen LogP contribution is 2.26. The zero-order valence-corrected chi connectivity index (χ0v) is 11.1. The van der Waals surface area contributed by atoms with E-state index in [-0.39, 0.29) is 23.6 Å². The Kier molecular flexibility index (Phi) is 5.24. The molecule has 0 amide bonds. The molecule has 0 aliphatic heterocycles. The van der Waals surface area contributed by atoms with Gasteiger partial charge in [-0.05, 0) is 19.2 Å². The Morgan fingerprint density at radius 1 is 1.61 bits per heavy atom. The number of non-ortho nitro benzene ring substituents is 1. The van der Waals surface area contributed by atoms with E-state index in [1.54, 1.807) is 17.8 Å². The van der Waals surface area contributed by atoms with Crippen LogP contribution in [-0.4, -0.2) is 34.2 Å². The van der Waals surface area contributed by atoms with Gasteiger partial charge in [-0.15, -0.1) is 0 Å². The number of aliphatic hydroxyl groups excluding tert-OH is 1. The van der Waals surface area contributed by atoms with Crippen molar-refractivity contribution in [2.24, 2.45) is 0 Å². The molecule has 2 atom stereocenters. The largest absolute Gasteiger partial charge is 0.397 e. The van der Waals surface area contributed by atoms with E-state index in [1.165, 1.54) is 12.1 Å². The Morgan fingerprint density at radius 3 is 2.72 bits per heavy atom. The molecule has 0 aliphatic carbocycles. The summed E-state index contributed by atoms with van der Waals surface area (Å²) < 4.78 is 0. The van der Waals surface area contributed by atoms with Gasteiger partial charge < -0.3 is 16.2 Å². The zero-order valence-electron chi connectivity index (χ0n) is 10.3. The van der Waals surface area contributed by atoms with Gasteiger partial charge in [0.05, 0.1) is 22.9 Å². The number of hydrogen-bond donors (Lipinski definition) is 3. The number of nitro groups is 1. The molecule has 1 rings (SSSR count). The fraction of sp³-hybridized carbons (Fsp3) is 0.455. The summed E-state index contributed by atoms with van der Waals surface area (Å²) in [7, 11) is 0. The lowest BCUT2D eigenvalue weighted by Gasteiger charge is -2.23. The van der Waals surface area contributed by atoms with Crippen LogP contribution >= 0.6 is 11.8 Å². The molecule has 0 saturated carbocycles. The van der Waals surface area contributed by atoms with Crippen molar-refractivity contribution in [2.75, 3.05) is 23.9 Å². The Morgan fingerprint density at radius 2 is 2.28 bits per heavy atom. The zero-order chi connectivity index (χ0) is 13.7. The Labute approximate surface area is 110 Å². The lowest BCUT2D eigenvalue weighted by atomic mass is 10.2. The van der Waals surface area contributed by atoms with Gasteiger partial charge in [-0.2, -0.15) is 11.8 Å². The van der Waals surface area contributed by atoms with E-state index in [1.807, 2.05) is 13.2 Å². The van der Waals surface area contributed by atoms with Crippen LogP contribution in [0.5, 0.6) is 0 Å². The van der Waals surface area contributed by atoms with Gasteiger partial charge in [0, 0.05) is 23.4 Å². The molecule has 100 valence electrons. The highest BCUT2D eigenvalue weighted by Gasteiger charge is 2.16. The molecule has 1 aromatic rings. The smallest absolute Gasteiger partial charge is 0.271 e. The van der Waals surface area contributed by atoms with Crippen LogP contribution in [0.4, 0.5) is 17.1 Å². The van der Waals surface area contributed by atoms with Crippen LogP contribution in [0.2, 0.25) is 0 Å². The fourth-order valence-corrected chi connectivity index (χ4v) is 2.20. The molecule has 7 heteroatoms. The normalized spacial score (nSPS) is 13.9. The van der Waals surface area contributed by atoms with Crippen molar-refractivity contribution in [3.05, 3.63) is 28.3 Å². The number of thioether (sulfide) groups is 1. The third kappa shape index (κ3) is 3.51. The van der Waals surface area contributed by atoms with E-state index in [2.05, 4.69) is 5.32 Å². The molecule has 0 bridgehead atoms. The van der Waals surface area contributed by atoms with Crippen LogP contribution in [0.3, 0.4) is 0 Å². The second-order valence-electron chi connectivity index (χ2n) is 3.92. The highest BCUT2D eigenvalue weighted by atomic mass is 32.2. The van der Waals surface area contributed by atoms with Gasteiger partial charge in [-0.25, -0.2) is 0 Å². The van der Waals surface area contributed by atoms with Crippen LogP contribution in [0.1, 0.15) is 6.92 Å². The first kappa shape index (κ1) is 14.6. The summed E-state index contributed by atoms with van der Waals surface area (Å²) in [5.74, 6) is 0. The van der Waals surface area contributed by atoms with E-state index in [4.69, 9.17) is 5.73 Å².